The summed E-state index contributed by atoms with van der Waals surface area (Å²) in [5, 5.41) is 0. The summed E-state index contributed by atoms with van der Waals surface area (Å²) in [5.41, 5.74) is 9.31. The van der Waals surface area contributed by atoms with E-state index in [0.717, 1.165) is 48.5 Å². The molecule has 0 amide bonds. The van der Waals surface area contributed by atoms with Crippen molar-refractivity contribution in [3.05, 3.63) is 70.8 Å². The summed E-state index contributed by atoms with van der Waals surface area (Å²) < 4.78 is 0. The maximum atomic E-state index is 5.15. The Hall–Kier alpha value is -1.82. The summed E-state index contributed by atoms with van der Waals surface area (Å²) in [5.74, 6) is 0. The van der Waals surface area contributed by atoms with Gasteiger partial charge in [-0.05, 0) is 106 Å². The average molecular weight is 649 g/mol. The van der Waals surface area contributed by atoms with Crippen molar-refractivity contribution in [2.75, 3.05) is 0 Å². The van der Waals surface area contributed by atoms with E-state index in [1.54, 1.807) is 0 Å². The molecule has 0 bridgehead atoms. The van der Waals surface area contributed by atoms with Gasteiger partial charge >= 0.3 is 0 Å². The van der Waals surface area contributed by atoms with E-state index in [1.165, 1.54) is 99.3 Å². The predicted molar refractivity (Wildman–Crippen MR) is 180 cm³/mol. The molecule has 2 rings (SSSR count). The Morgan fingerprint density at radius 1 is 0.561 bits per heavy atom. The van der Waals surface area contributed by atoms with Crippen molar-refractivity contribution in [3.8, 4) is 0 Å². The maximum Gasteiger partial charge on any atom is 0.0848 e. The van der Waals surface area contributed by atoms with Gasteiger partial charge < -0.3 is 0 Å². The number of aliphatic imine (C=N–C) groups is 2. The topological polar surface area (TPSA) is 24.7 Å². The Bertz CT molecular complexity index is 1080. The molecule has 0 N–H and O–H groups in total. The molecule has 0 aliphatic carbocycles. The number of rotatable bonds is 20. The second-order valence-electron chi connectivity index (χ2n) is 11.8. The van der Waals surface area contributed by atoms with Crippen LogP contribution in [0.4, 0.5) is 11.4 Å². The summed E-state index contributed by atoms with van der Waals surface area (Å²) in [6, 6.07) is 13.0. The molecule has 0 spiro atoms. The molecule has 0 aliphatic rings. The molecule has 0 radical (unpaired) electrons. The number of aryl methyl sites for hydroxylation is 4. The number of hydrogen-bond acceptors (Lipinski definition) is 2. The molecule has 0 aliphatic heterocycles. The number of nitrogens with zero attached hydrogens (tertiary/aromatic N) is 2. The summed E-state index contributed by atoms with van der Waals surface area (Å²) in [6.45, 7) is 13.2. The molecule has 230 valence electrons. The third-order valence-corrected chi connectivity index (χ3v) is 8.06. The first-order chi connectivity index (χ1) is 19.4. The van der Waals surface area contributed by atoms with Crippen molar-refractivity contribution in [2.24, 2.45) is 9.98 Å². The van der Waals surface area contributed by atoms with Gasteiger partial charge in [-0.1, -0.05) is 109 Å². The van der Waals surface area contributed by atoms with Gasteiger partial charge in [-0.2, -0.15) is 0 Å². The van der Waals surface area contributed by atoms with Crippen molar-refractivity contribution in [3.63, 3.8) is 0 Å². The van der Waals surface area contributed by atoms with E-state index in [-0.39, 0.29) is 20.4 Å². The van der Waals surface area contributed by atoms with Crippen LogP contribution in [0.5, 0.6) is 0 Å². The average Bonchev–Trinajstić information content (AvgIpc) is 2.94. The van der Waals surface area contributed by atoms with E-state index in [9.17, 15) is 0 Å². The smallest absolute Gasteiger partial charge is 0.0848 e. The fourth-order valence-electron chi connectivity index (χ4n) is 4.97. The number of benzene rings is 2. The van der Waals surface area contributed by atoms with Gasteiger partial charge in [-0.15, -0.1) is 0 Å². The number of hydrogen-bond donors (Lipinski definition) is 0. The second-order valence-corrected chi connectivity index (χ2v) is 11.8. The van der Waals surface area contributed by atoms with E-state index in [1.807, 2.05) is 0 Å². The SMILES string of the molecule is CCCCCCCCCCCCCC/C=C/C(=Nc1ccc(C)c(C)c1)C(CCCC)=Nc1ccc(C)c(C)c1.[Pd]. The number of allylic oxidation sites excluding steroid dienone is 2. The third kappa shape index (κ3) is 15.8. The zero-order chi connectivity index (χ0) is 29.0. The third-order valence-electron chi connectivity index (χ3n) is 8.06. The van der Waals surface area contributed by atoms with Crippen LogP contribution in [0.2, 0.25) is 0 Å². The molecule has 3 heteroatoms. The largest absolute Gasteiger partial charge is 0.251 e. The molecule has 0 unspecified atom stereocenters. The monoisotopic (exact) mass is 648 g/mol. The molecule has 0 saturated heterocycles. The van der Waals surface area contributed by atoms with Crippen LogP contribution in [0.15, 0.2) is 58.5 Å². The van der Waals surface area contributed by atoms with Gasteiger partial charge in [0.15, 0.2) is 0 Å². The van der Waals surface area contributed by atoms with E-state index in [4.69, 9.17) is 9.98 Å². The Morgan fingerprint density at radius 2 is 1.02 bits per heavy atom. The van der Waals surface area contributed by atoms with Gasteiger partial charge in [0.25, 0.3) is 0 Å². The van der Waals surface area contributed by atoms with Gasteiger partial charge in [0, 0.05) is 20.4 Å². The molecule has 2 aromatic carbocycles. The Kier molecular flexibility index (Phi) is 20.6. The minimum atomic E-state index is 0. The van der Waals surface area contributed by atoms with E-state index in [0.29, 0.717) is 0 Å². The molecule has 41 heavy (non-hydrogen) atoms. The van der Waals surface area contributed by atoms with Crippen LogP contribution in [0.25, 0.3) is 0 Å². The van der Waals surface area contributed by atoms with Crippen LogP contribution in [0, 0.1) is 27.7 Å². The zero-order valence-corrected chi connectivity index (χ0v) is 28.7. The predicted octanol–water partition coefficient (Wildman–Crippen LogP) is 12.6. The molecular weight excluding hydrogens is 591 g/mol. The number of unbranched alkanes of at least 4 members (excludes halogenated alkanes) is 13. The van der Waals surface area contributed by atoms with E-state index in [2.05, 4.69) is 90.1 Å². The molecule has 0 aromatic heterocycles. The van der Waals surface area contributed by atoms with Crippen molar-refractivity contribution < 1.29 is 20.4 Å². The van der Waals surface area contributed by atoms with Gasteiger partial charge in [0.2, 0.25) is 0 Å². The standard InChI is InChI=1S/C38H58N2.Pd/c1-7-9-11-12-13-14-15-16-17-18-19-20-21-22-24-38(40-36-28-26-32(4)34(6)30-36)37(23-10-8-2)39-35-27-25-31(3)33(5)29-35;/h22,24-30H,7-21,23H2,1-6H3;/b24-22+,39-37?,40-38?;. The van der Waals surface area contributed by atoms with Gasteiger partial charge in [0.1, 0.15) is 0 Å². The minimum Gasteiger partial charge on any atom is -0.251 e. The van der Waals surface area contributed by atoms with Crippen LogP contribution < -0.4 is 0 Å². The molecule has 0 atom stereocenters. The second kappa shape index (κ2) is 22.7. The summed E-state index contributed by atoms with van der Waals surface area (Å²) in [7, 11) is 0. The van der Waals surface area contributed by atoms with Crippen molar-refractivity contribution in [2.45, 2.75) is 144 Å². The summed E-state index contributed by atoms with van der Waals surface area (Å²) in [4.78, 5) is 10.3. The first-order valence-electron chi connectivity index (χ1n) is 16.4. The quantitative estimate of drug-likeness (QED) is 0.0775. The maximum absolute atomic E-state index is 5.15. The van der Waals surface area contributed by atoms with Crippen LogP contribution in [0.3, 0.4) is 0 Å². The van der Waals surface area contributed by atoms with Crippen molar-refractivity contribution >= 4 is 22.8 Å². The van der Waals surface area contributed by atoms with Gasteiger partial charge in [-0.25, -0.2) is 4.99 Å². The zero-order valence-electron chi connectivity index (χ0n) is 27.1. The molecule has 0 saturated carbocycles. The minimum absolute atomic E-state index is 0. The van der Waals surface area contributed by atoms with Crippen LogP contribution in [-0.2, 0) is 20.4 Å². The first kappa shape index (κ1) is 37.2. The van der Waals surface area contributed by atoms with Crippen LogP contribution in [0.1, 0.15) is 139 Å². The summed E-state index contributed by atoms with van der Waals surface area (Å²) >= 11 is 0. The van der Waals surface area contributed by atoms with E-state index < -0.39 is 0 Å². The molecule has 2 nitrogen and oxygen atoms in total. The molecular formula is C38H58N2Pd. The molecule has 0 fully saturated rings. The van der Waals surface area contributed by atoms with Crippen LogP contribution in [-0.4, -0.2) is 11.4 Å². The fourth-order valence-corrected chi connectivity index (χ4v) is 4.97. The Balaban J connectivity index is 0.00000840. The van der Waals surface area contributed by atoms with Crippen molar-refractivity contribution in [1.29, 1.82) is 0 Å². The van der Waals surface area contributed by atoms with Crippen molar-refractivity contribution in [1.82, 2.24) is 0 Å². The molecule has 2 aromatic rings. The fraction of sp³-hybridized carbons (Fsp3) is 0.579. The normalized spacial score (nSPS) is 12.2. The van der Waals surface area contributed by atoms with Gasteiger partial charge in [0.05, 0.1) is 22.8 Å². The van der Waals surface area contributed by atoms with Crippen LogP contribution >= 0.6 is 0 Å². The van der Waals surface area contributed by atoms with Gasteiger partial charge in [-0.3, -0.25) is 4.99 Å². The molecule has 0 heterocycles. The first-order valence-corrected chi connectivity index (χ1v) is 16.4. The van der Waals surface area contributed by atoms with E-state index >= 15 is 0 Å². The summed E-state index contributed by atoms with van der Waals surface area (Å²) in [6.07, 6.45) is 25.5. The Morgan fingerprint density at radius 3 is 1.51 bits per heavy atom. The Labute approximate surface area is 267 Å².